The van der Waals surface area contributed by atoms with Crippen LogP contribution in [-0.2, 0) is 4.79 Å². The zero-order chi connectivity index (χ0) is 15.5. The maximum atomic E-state index is 12.1. The van der Waals surface area contributed by atoms with Crippen LogP contribution in [0, 0.1) is 25.2 Å². The molecule has 0 fully saturated rings. The summed E-state index contributed by atoms with van der Waals surface area (Å²) >= 11 is 3.54. The van der Waals surface area contributed by atoms with Crippen molar-refractivity contribution in [2.24, 2.45) is 11.3 Å². The van der Waals surface area contributed by atoms with Gasteiger partial charge in [-0.2, -0.15) is 0 Å². The number of benzene rings is 1. The number of anilines is 1. The molecule has 0 aliphatic carbocycles. The van der Waals surface area contributed by atoms with Gasteiger partial charge in [0.1, 0.15) is 0 Å². The van der Waals surface area contributed by atoms with Crippen LogP contribution in [0.4, 0.5) is 5.69 Å². The molecule has 20 heavy (non-hydrogen) atoms. The molecule has 1 amide bonds. The van der Waals surface area contributed by atoms with Gasteiger partial charge >= 0.3 is 0 Å². The Hall–Kier alpha value is -0.830. The Morgan fingerprint density at radius 3 is 2.20 bits per heavy atom. The summed E-state index contributed by atoms with van der Waals surface area (Å²) in [7, 11) is 0. The van der Waals surface area contributed by atoms with E-state index in [9.17, 15) is 4.79 Å². The predicted molar refractivity (Wildman–Crippen MR) is 90.1 cm³/mol. The number of amides is 1. The molecule has 1 N–H and O–H groups in total. The van der Waals surface area contributed by atoms with E-state index >= 15 is 0 Å². The van der Waals surface area contributed by atoms with Crippen molar-refractivity contribution in [1.82, 2.24) is 0 Å². The van der Waals surface area contributed by atoms with Crippen LogP contribution >= 0.6 is 15.9 Å². The Kier molecular flexibility index (Phi) is 5.81. The molecular formula is C17H26BrNO. The topological polar surface area (TPSA) is 29.1 Å². The third-order valence-corrected chi connectivity index (χ3v) is 4.47. The molecule has 1 unspecified atom stereocenters. The average molecular weight is 340 g/mol. The minimum absolute atomic E-state index is 0.0999. The smallest absolute Gasteiger partial charge is 0.224 e. The van der Waals surface area contributed by atoms with Gasteiger partial charge in [0.15, 0.2) is 0 Å². The van der Waals surface area contributed by atoms with Crippen LogP contribution in [0.2, 0.25) is 0 Å². The summed E-state index contributed by atoms with van der Waals surface area (Å²) in [6, 6.07) is 4.01. The highest BCUT2D eigenvalue weighted by molar-refractivity contribution is 9.10. The molecule has 112 valence electrons. The zero-order valence-electron chi connectivity index (χ0n) is 13.4. The summed E-state index contributed by atoms with van der Waals surface area (Å²) in [6.45, 7) is 12.8. The van der Waals surface area contributed by atoms with Crippen LogP contribution in [0.25, 0.3) is 0 Å². The fraction of sp³-hybridized carbons (Fsp3) is 0.588. The van der Waals surface area contributed by atoms with Gasteiger partial charge in [0, 0.05) is 16.6 Å². The predicted octanol–water partition coefficient (Wildman–Crippen LogP) is 5.47. The van der Waals surface area contributed by atoms with Crippen molar-refractivity contribution < 1.29 is 4.79 Å². The van der Waals surface area contributed by atoms with E-state index in [2.05, 4.69) is 48.9 Å². The van der Waals surface area contributed by atoms with Gasteiger partial charge in [-0.3, -0.25) is 4.79 Å². The fourth-order valence-corrected chi connectivity index (χ4v) is 2.89. The van der Waals surface area contributed by atoms with Gasteiger partial charge in [0.25, 0.3) is 0 Å². The number of carbonyl (C=O) groups excluding carboxylic acids is 1. The lowest BCUT2D eigenvalue weighted by atomic mass is 9.84. The van der Waals surface area contributed by atoms with Gasteiger partial charge in [-0.25, -0.2) is 0 Å². The summed E-state index contributed by atoms with van der Waals surface area (Å²) in [4.78, 5) is 12.1. The quantitative estimate of drug-likeness (QED) is 0.774. The second-order valence-corrected chi connectivity index (χ2v) is 7.84. The number of nitrogens with one attached hydrogen (secondary N) is 1. The number of hydrogen-bond donors (Lipinski definition) is 1. The van der Waals surface area contributed by atoms with Crippen LogP contribution in [0.5, 0.6) is 0 Å². The molecule has 0 radical (unpaired) electrons. The lowest BCUT2D eigenvalue weighted by molar-refractivity contribution is -0.117. The van der Waals surface area contributed by atoms with Crippen molar-refractivity contribution in [3.8, 4) is 0 Å². The molecule has 0 aromatic heterocycles. The van der Waals surface area contributed by atoms with Crippen LogP contribution in [0.3, 0.4) is 0 Å². The first kappa shape index (κ1) is 17.2. The average Bonchev–Trinajstić information content (AvgIpc) is 2.22. The van der Waals surface area contributed by atoms with Crippen molar-refractivity contribution in [3.63, 3.8) is 0 Å². The third kappa shape index (κ3) is 5.66. The fourth-order valence-electron chi connectivity index (χ4n) is 2.66. The second kappa shape index (κ2) is 6.75. The standard InChI is InChI=1S/C17H26BrNO/c1-11(10-17(4,5)6)7-15(20)19-14-8-12(2)16(18)13(3)9-14/h8-9,11H,7,10H2,1-6H3,(H,19,20). The van der Waals surface area contributed by atoms with Gasteiger partial charge in [-0.1, -0.05) is 43.6 Å². The molecular weight excluding hydrogens is 314 g/mol. The molecule has 0 heterocycles. The molecule has 0 spiro atoms. The number of hydrogen-bond acceptors (Lipinski definition) is 1. The Morgan fingerprint density at radius 1 is 1.25 bits per heavy atom. The molecule has 1 aromatic carbocycles. The highest BCUT2D eigenvalue weighted by Crippen LogP contribution is 2.27. The van der Waals surface area contributed by atoms with Crippen LogP contribution in [0.15, 0.2) is 16.6 Å². The summed E-state index contributed by atoms with van der Waals surface area (Å²) in [6.07, 6.45) is 1.63. The van der Waals surface area contributed by atoms with E-state index in [4.69, 9.17) is 0 Å². The molecule has 1 atom stereocenters. The van der Waals surface area contributed by atoms with Gasteiger partial charge in [0.2, 0.25) is 5.91 Å². The van der Waals surface area contributed by atoms with Gasteiger partial charge < -0.3 is 5.32 Å². The molecule has 1 aromatic rings. The van der Waals surface area contributed by atoms with E-state index in [-0.39, 0.29) is 11.3 Å². The molecule has 3 heteroatoms. The van der Waals surface area contributed by atoms with E-state index in [1.807, 2.05) is 26.0 Å². The SMILES string of the molecule is Cc1cc(NC(=O)CC(C)CC(C)(C)C)cc(C)c1Br. The van der Waals surface area contributed by atoms with Crippen LogP contribution in [0.1, 0.15) is 51.7 Å². The molecule has 0 saturated carbocycles. The highest BCUT2D eigenvalue weighted by Gasteiger charge is 2.18. The highest BCUT2D eigenvalue weighted by atomic mass is 79.9. The lowest BCUT2D eigenvalue weighted by Gasteiger charge is -2.22. The van der Waals surface area contributed by atoms with E-state index in [1.54, 1.807) is 0 Å². The van der Waals surface area contributed by atoms with E-state index < -0.39 is 0 Å². The first-order valence-corrected chi connectivity index (χ1v) is 7.94. The second-order valence-electron chi connectivity index (χ2n) is 7.05. The summed E-state index contributed by atoms with van der Waals surface area (Å²) < 4.78 is 1.11. The van der Waals surface area contributed by atoms with Crippen molar-refractivity contribution in [3.05, 3.63) is 27.7 Å². The van der Waals surface area contributed by atoms with Crippen molar-refractivity contribution in [2.75, 3.05) is 5.32 Å². The number of aryl methyl sites for hydroxylation is 2. The first-order chi connectivity index (χ1) is 9.08. The normalized spacial score (nSPS) is 13.2. The summed E-state index contributed by atoms with van der Waals surface area (Å²) in [5.74, 6) is 0.496. The Labute approximate surface area is 131 Å². The largest absolute Gasteiger partial charge is 0.326 e. The van der Waals surface area contributed by atoms with Gasteiger partial charge in [-0.15, -0.1) is 0 Å². The first-order valence-electron chi connectivity index (χ1n) is 7.15. The number of carbonyl (C=O) groups is 1. The van der Waals surface area contributed by atoms with E-state index in [1.165, 1.54) is 0 Å². The molecule has 0 saturated heterocycles. The monoisotopic (exact) mass is 339 g/mol. The Balaban J connectivity index is 2.63. The lowest BCUT2D eigenvalue weighted by Crippen LogP contribution is -2.19. The minimum atomic E-state index is 0.0999. The van der Waals surface area contributed by atoms with Gasteiger partial charge in [0.05, 0.1) is 0 Å². The Bertz CT molecular complexity index is 465. The summed E-state index contributed by atoms with van der Waals surface area (Å²) in [5.41, 5.74) is 3.44. The third-order valence-electron chi connectivity index (χ3n) is 3.21. The number of rotatable bonds is 4. The number of halogens is 1. The molecule has 0 aliphatic rings. The minimum Gasteiger partial charge on any atom is -0.326 e. The molecule has 2 nitrogen and oxygen atoms in total. The van der Waals surface area contributed by atoms with Crippen LogP contribution in [-0.4, -0.2) is 5.91 Å². The van der Waals surface area contributed by atoms with Crippen LogP contribution < -0.4 is 5.32 Å². The van der Waals surface area contributed by atoms with Crippen molar-refractivity contribution in [2.45, 2.75) is 54.4 Å². The zero-order valence-corrected chi connectivity index (χ0v) is 15.0. The van der Waals surface area contributed by atoms with Crippen molar-refractivity contribution >= 4 is 27.5 Å². The molecule has 1 rings (SSSR count). The van der Waals surface area contributed by atoms with Crippen molar-refractivity contribution in [1.29, 1.82) is 0 Å². The van der Waals surface area contributed by atoms with E-state index in [0.717, 1.165) is 27.7 Å². The maximum absolute atomic E-state index is 12.1. The summed E-state index contributed by atoms with van der Waals surface area (Å²) in [5, 5.41) is 3.01. The van der Waals surface area contributed by atoms with E-state index in [0.29, 0.717) is 12.3 Å². The Morgan fingerprint density at radius 2 is 1.75 bits per heavy atom. The maximum Gasteiger partial charge on any atom is 0.224 e. The van der Waals surface area contributed by atoms with Gasteiger partial charge in [-0.05, 0) is 54.9 Å². The molecule has 0 bridgehead atoms. The molecule has 0 aliphatic heterocycles.